The first-order chi connectivity index (χ1) is 12.3. The molecule has 1 N–H and O–H groups in total. The number of benzene rings is 2. The Morgan fingerprint density at radius 2 is 1.77 bits per heavy atom. The molecule has 0 unspecified atom stereocenters. The van der Waals surface area contributed by atoms with Gasteiger partial charge in [0.2, 0.25) is 10.0 Å². The van der Waals surface area contributed by atoms with E-state index < -0.39 is 15.9 Å². The van der Waals surface area contributed by atoms with Crippen LogP contribution in [0.4, 0.5) is 5.69 Å². The van der Waals surface area contributed by atoms with E-state index in [1.165, 1.54) is 28.6 Å². The van der Waals surface area contributed by atoms with Crippen molar-refractivity contribution in [3.8, 4) is 0 Å². The third-order valence-electron chi connectivity index (χ3n) is 3.85. The summed E-state index contributed by atoms with van der Waals surface area (Å²) >= 11 is 12.0. The second-order valence-corrected chi connectivity index (χ2v) is 8.59. The minimum atomic E-state index is -3.56. The normalized spacial score (nSPS) is 11.6. The van der Waals surface area contributed by atoms with Crippen LogP contribution in [-0.4, -0.2) is 32.2 Å². The van der Waals surface area contributed by atoms with Gasteiger partial charge in [-0.2, -0.15) is 0 Å². The largest absolute Gasteiger partial charge is 0.321 e. The van der Waals surface area contributed by atoms with Gasteiger partial charge >= 0.3 is 0 Å². The van der Waals surface area contributed by atoms with Gasteiger partial charge in [-0.1, -0.05) is 42.6 Å². The van der Waals surface area contributed by atoms with Gasteiger partial charge in [0.05, 0.1) is 20.6 Å². The van der Waals surface area contributed by atoms with Crippen LogP contribution in [-0.2, 0) is 10.0 Å². The van der Waals surface area contributed by atoms with Gasteiger partial charge in [0.1, 0.15) is 0 Å². The van der Waals surface area contributed by atoms with Crippen LogP contribution in [0.15, 0.2) is 47.4 Å². The smallest absolute Gasteiger partial charge is 0.255 e. The molecule has 0 aliphatic carbocycles. The molecule has 0 fully saturated rings. The molecule has 0 radical (unpaired) electrons. The molecule has 0 aliphatic heterocycles. The number of sulfonamides is 1. The van der Waals surface area contributed by atoms with E-state index in [4.69, 9.17) is 23.2 Å². The molecule has 2 aromatic carbocycles. The van der Waals surface area contributed by atoms with Gasteiger partial charge in [-0.05, 0) is 42.8 Å². The maximum absolute atomic E-state index is 12.5. The lowest BCUT2D eigenvalue weighted by Crippen LogP contribution is -2.28. The van der Waals surface area contributed by atoms with Crippen LogP contribution < -0.4 is 5.32 Å². The number of halogens is 2. The lowest BCUT2D eigenvalue weighted by atomic mass is 10.2. The van der Waals surface area contributed by atoms with E-state index >= 15 is 0 Å². The summed E-state index contributed by atoms with van der Waals surface area (Å²) in [5.74, 6) is -0.405. The molecule has 0 heterocycles. The zero-order valence-corrected chi connectivity index (χ0v) is 16.8. The average Bonchev–Trinajstić information content (AvgIpc) is 2.63. The molecule has 140 valence electrons. The van der Waals surface area contributed by atoms with Crippen LogP contribution in [0.25, 0.3) is 0 Å². The first-order valence-corrected chi connectivity index (χ1v) is 10.3. The maximum Gasteiger partial charge on any atom is 0.255 e. The Morgan fingerprint density at radius 1 is 1.12 bits per heavy atom. The van der Waals surface area contributed by atoms with Crippen molar-refractivity contribution in [1.29, 1.82) is 0 Å². The van der Waals surface area contributed by atoms with Crippen molar-refractivity contribution in [2.75, 3.05) is 18.9 Å². The first-order valence-electron chi connectivity index (χ1n) is 8.09. The number of anilines is 1. The third-order valence-corrected chi connectivity index (χ3v) is 6.54. The second kappa shape index (κ2) is 8.86. The Kier molecular flexibility index (Phi) is 7.06. The van der Waals surface area contributed by atoms with Crippen LogP contribution in [0.1, 0.15) is 30.1 Å². The van der Waals surface area contributed by atoms with Crippen LogP contribution in [0, 0.1) is 0 Å². The number of rotatable bonds is 7. The molecule has 2 aromatic rings. The second-order valence-electron chi connectivity index (χ2n) is 5.76. The number of hydrogen-bond donors (Lipinski definition) is 1. The summed E-state index contributed by atoms with van der Waals surface area (Å²) in [6.45, 7) is 2.45. The molecule has 0 saturated carbocycles. The average molecular weight is 415 g/mol. The highest BCUT2D eigenvalue weighted by Gasteiger charge is 2.20. The number of carbonyl (C=O) groups excluding carboxylic acids is 1. The van der Waals surface area contributed by atoms with Gasteiger partial charge in [0, 0.05) is 19.2 Å². The van der Waals surface area contributed by atoms with E-state index in [2.05, 4.69) is 5.32 Å². The number of amides is 1. The molecule has 26 heavy (non-hydrogen) atoms. The Bertz CT molecular complexity index is 884. The molecular weight excluding hydrogens is 395 g/mol. The van der Waals surface area contributed by atoms with Gasteiger partial charge in [0.25, 0.3) is 5.91 Å². The topological polar surface area (TPSA) is 66.5 Å². The fourth-order valence-corrected chi connectivity index (χ4v) is 3.81. The zero-order chi connectivity index (χ0) is 19.3. The van der Waals surface area contributed by atoms with E-state index in [9.17, 15) is 13.2 Å². The predicted octanol–water partition coefficient (Wildman–Crippen LogP) is 4.67. The Morgan fingerprint density at radius 3 is 2.38 bits per heavy atom. The molecule has 0 aromatic heterocycles. The lowest BCUT2D eigenvalue weighted by Gasteiger charge is -2.17. The summed E-state index contributed by atoms with van der Waals surface area (Å²) in [5, 5.41) is 3.24. The highest BCUT2D eigenvalue weighted by Crippen LogP contribution is 2.29. The number of unbranched alkanes of at least 4 members (excludes halogenated alkanes) is 1. The van der Waals surface area contributed by atoms with Crippen molar-refractivity contribution >= 4 is 44.8 Å². The summed E-state index contributed by atoms with van der Waals surface area (Å²) in [6.07, 6.45) is 1.70. The zero-order valence-electron chi connectivity index (χ0n) is 14.5. The minimum Gasteiger partial charge on any atom is -0.321 e. The third kappa shape index (κ3) is 4.76. The van der Waals surface area contributed by atoms with Crippen molar-refractivity contribution < 1.29 is 13.2 Å². The Balaban J connectivity index is 2.16. The van der Waals surface area contributed by atoms with E-state index in [0.717, 1.165) is 12.8 Å². The molecular formula is C18H20Cl2N2O3S. The molecule has 5 nitrogen and oxygen atoms in total. The first kappa shape index (κ1) is 20.7. The molecule has 2 rings (SSSR count). The van der Waals surface area contributed by atoms with Crippen molar-refractivity contribution in [2.24, 2.45) is 0 Å². The number of nitrogens with one attached hydrogen (secondary N) is 1. The standard InChI is InChI=1S/C18H20Cl2N2O3S/c1-3-4-12-22(2)26(24,25)14-10-8-13(9-11-14)18(23)21-16-7-5-6-15(19)17(16)20/h5-11H,3-4,12H2,1-2H3,(H,21,23). The predicted molar refractivity (Wildman–Crippen MR) is 106 cm³/mol. The fourth-order valence-electron chi connectivity index (χ4n) is 2.25. The summed E-state index contributed by atoms with van der Waals surface area (Å²) < 4.78 is 26.3. The number of carbonyl (C=O) groups is 1. The molecule has 1 amide bonds. The lowest BCUT2D eigenvalue weighted by molar-refractivity contribution is 0.102. The SMILES string of the molecule is CCCCN(C)S(=O)(=O)c1ccc(C(=O)Nc2cccc(Cl)c2Cl)cc1. The molecule has 0 bridgehead atoms. The van der Waals surface area contributed by atoms with E-state index in [-0.39, 0.29) is 9.92 Å². The van der Waals surface area contributed by atoms with Crippen LogP contribution >= 0.6 is 23.2 Å². The van der Waals surface area contributed by atoms with Gasteiger partial charge < -0.3 is 5.32 Å². The summed E-state index contributed by atoms with van der Waals surface area (Å²) in [6, 6.07) is 10.7. The highest BCUT2D eigenvalue weighted by molar-refractivity contribution is 7.89. The van der Waals surface area contributed by atoms with Crippen LogP contribution in [0.2, 0.25) is 10.0 Å². The Labute approximate surface area is 164 Å². The van der Waals surface area contributed by atoms with Crippen molar-refractivity contribution in [2.45, 2.75) is 24.7 Å². The quantitative estimate of drug-likeness (QED) is 0.715. The fraction of sp³-hybridized carbons (Fsp3) is 0.278. The van der Waals surface area contributed by atoms with E-state index in [1.54, 1.807) is 25.2 Å². The van der Waals surface area contributed by atoms with E-state index in [0.29, 0.717) is 22.8 Å². The maximum atomic E-state index is 12.5. The van der Waals surface area contributed by atoms with Crippen molar-refractivity contribution in [1.82, 2.24) is 4.31 Å². The molecule has 0 atom stereocenters. The van der Waals surface area contributed by atoms with Crippen molar-refractivity contribution in [3.05, 3.63) is 58.1 Å². The van der Waals surface area contributed by atoms with E-state index in [1.807, 2.05) is 6.92 Å². The summed E-state index contributed by atoms with van der Waals surface area (Å²) in [5.41, 5.74) is 0.705. The summed E-state index contributed by atoms with van der Waals surface area (Å²) in [7, 11) is -2.01. The monoisotopic (exact) mass is 414 g/mol. The number of nitrogens with zero attached hydrogens (tertiary/aromatic N) is 1. The minimum absolute atomic E-state index is 0.147. The van der Waals surface area contributed by atoms with Crippen molar-refractivity contribution in [3.63, 3.8) is 0 Å². The van der Waals surface area contributed by atoms with Gasteiger partial charge in [0.15, 0.2) is 0 Å². The van der Waals surface area contributed by atoms with Crippen LogP contribution in [0.3, 0.4) is 0 Å². The van der Waals surface area contributed by atoms with Gasteiger partial charge in [-0.15, -0.1) is 0 Å². The molecule has 8 heteroatoms. The molecule has 0 spiro atoms. The van der Waals surface area contributed by atoms with Gasteiger partial charge in [-0.25, -0.2) is 12.7 Å². The van der Waals surface area contributed by atoms with Crippen LogP contribution in [0.5, 0.6) is 0 Å². The Hall–Kier alpha value is -1.60. The molecule has 0 aliphatic rings. The summed E-state index contributed by atoms with van der Waals surface area (Å²) in [4.78, 5) is 12.5. The van der Waals surface area contributed by atoms with Gasteiger partial charge in [-0.3, -0.25) is 4.79 Å². The highest BCUT2D eigenvalue weighted by atomic mass is 35.5. The molecule has 0 saturated heterocycles. The number of hydrogen-bond acceptors (Lipinski definition) is 3.